The number of carbonyl (C=O) groups is 1. The monoisotopic (exact) mass is 172 g/mol. The van der Waals surface area contributed by atoms with Gasteiger partial charge in [0, 0.05) is 6.04 Å². The van der Waals surface area contributed by atoms with Crippen molar-refractivity contribution in [3.05, 3.63) is 0 Å². The minimum absolute atomic E-state index is 0.178. The zero-order valence-electron chi connectivity index (χ0n) is 8.42. The lowest BCUT2D eigenvalue weighted by Gasteiger charge is -2.22. The molecule has 0 aromatic heterocycles. The van der Waals surface area contributed by atoms with Crippen LogP contribution in [0.3, 0.4) is 0 Å². The van der Waals surface area contributed by atoms with Crippen molar-refractivity contribution in [2.75, 3.05) is 0 Å². The first kappa shape index (κ1) is 11.4. The zero-order valence-corrected chi connectivity index (χ0v) is 8.42. The SMILES string of the molecule is CCC(NC(C)C(C)C)C(N)=O. The highest BCUT2D eigenvalue weighted by molar-refractivity contribution is 5.79. The fraction of sp³-hybridized carbons (Fsp3) is 0.889. The second kappa shape index (κ2) is 5.14. The van der Waals surface area contributed by atoms with Crippen LogP contribution in [-0.2, 0) is 4.79 Å². The summed E-state index contributed by atoms with van der Waals surface area (Å²) in [6.45, 7) is 8.25. The summed E-state index contributed by atoms with van der Waals surface area (Å²) in [4.78, 5) is 10.8. The van der Waals surface area contributed by atoms with Crippen molar-refractivity contribution in [3.8, 4) is 0 Å². The van der Waals surface area contributed by atoms with Gasteiger partial charge >= 0.3 is 0 Å². The van der Waals surface area contributed by atoms with Gasteiger partial charge in [-0.1, -0.05) is 20.8 Å². The topological polar surface area (TPSA) is 55.1 Å². The molecule has 2 unspecified atom stereocenters. The first-order valence-corrected chi connectivity index (χ1v) is 4.54. The van der Waals surface area contributed by atoms with Crippen molar-refractivity contribution in [2.24, 2.45) is 11.7 Å². The Balaban J connectivity index is 3.94. The average molecular weight is 172 g/mol. The molecule has 0 bridgehead atoms. The number of nitrogens with two attached hydrogens (primary N) is 1. The van der Waals surface area contributed by atoms with E-state index < -0.39 is 0 Å². The number of carbonyl (C=O) groups excluding carboxylic acids is 1. The number of amides is 1. The van der Waals surface area contributed by atoms with Gasteiger partial charge in [-0.25, -0.2) is 0 Å². The number of primary amides is 1. The molecule has 12 heavy (non-hydrogen) atoms. The lowest BCUT2D eigenvalue weighted by Crippen LogP contribution is -2.46. The molecule has 3 heteroatoms. The molecule has 0 fully saturated rings. The Morgan fingerprint density at radius 1 is 1.42 bits per heavy atom. The van der Waals surface area contributed by atoms with E-state index in [0.717, 1.165) is 6.42 Å². The minimum Gasteiger partial charge on any atom is -0.368 e. The molecule has 0 aromatic rings. The van der Waals surface area contributed by atoms with Gasteiger partial charge in [-0.15, -0.1) is 0 Å². The molecule has 0 aliphatic rings. The fourth-order valence-electron chi connectivity index (χ4n) is 0.911. The molecule has 0 heterocycles. The predicted octanol–water partition coefficient (Wildman–Crippen LogP) is 0.884. The van der Waals surface area contributed by atoms with Gasteiger partial charge in [0.15, 0.2) is 0 Å². The van der Waals surface area contributed by atoms with Crippen molar-refractivity contribution < 1.29 is 4.79 Å². The maximum absolute atomic E-state index is 10.8. The fourth-order valence-corrected chi connectivity index (χ4v) is 0.911. The van der Waals surface area contributed by atoms with E-state index in [1.165, 1.54) is 0 Å². The molecule has 72 valence electrons. The van der Waals surface area contributed by atoms with E-state index in [9.17, 15) is 4.79 Å². The molecule has 0 radical (unpaired) electrons. The number of hydrogen-bond donors (Lipinski definition) is 2. The van der Waals surface area contributed by atoms with E-state index in [0.29, 0.717) is 12.0 Å². The van der Waals surface area contributed by atoms with E-state index in [-0.39, 0.29) is 11.9 Å². The van der Waals surface area contributed by atoms with Crippen LogP contribution in [0.15, 0.2) is 0 Å². The summed E-state index contributed by atoms with van der Waals surface area (Å²) in [5.74, 6) is 0.267. The van der Waals surface area contributed by atoms with E-state index in [1.807, 2.05) is 6.92 Å². The van der Waals surface area contributed by atoms with Gasteiger partial charge < -0.3 is 11.1 Å². The van der Waals surface area contributed by atoms with Crippen molar-refractivity contribution in [1.29, 1.82) is 0 Å². The third-order valence-corrected chi connectivity index (χ3v) is 2.22. The van der Waals surface area contributed by atoms with Gasteiger partial charge in [-0.05, 0) is 19.3 Å². The summed E-state index contributed by atoms with van der Waals surface area (Å²) in [5.41, 5.74) is 5.19. The largest absolute Gasteiger partial charge is 0.368 e. The van der Waals surface area contributed by atoms with Crippen LogP contribution in [0, 0.1) is 5.92 Å². The highest BCUT2D eigenvalue weighted by Crippen LogP contribution is 2.02. The van der Waals surface area contributed by atoms with Crippen LogP contribution in [0.25, 0.3) is 0 Å². The van der Waals surface area contributed by atoms with E-state index in [2.05, 4.69) is 26.1 Å². The Kier molecular flexibility index (Phi) is 4.90. The van der Waals surface area contributed by atoms with Crippen molar-refractivity contribution in [1.82, 2.24) is 5.32 Å². The first-order valence-electron chi connectivity index (χ1n) is 4.54. The molecular weight excluding hydrogens is 152 g/mol. The van der Waals surface area contributed by atoms with Crippen LogP contribution in [-0.4, -0.2) is 18.0 Å². The second-order valence-electron chi connectivity index (χ2n) is 3.56. The Labute approximate surface area is 74.7 Å². The van der Waals surface area contributed by atoms with Gasteiger partial charge in [0.1, 0.15) is 0 Å². The molecule has 3 N–H and O–H groups in total. The zero-order chi connectivity index (χ0) is 9.72. The first-order chi connectivity index (χ1) is 5.49. The molecule has 0 aliphatic heterocycles. The third-order valence-electron chi connectivity index (χ3n) is 2.22. The van der Waals surface area contributed by atoms with Gasteiger partial charge in [0.05, 0.1) is 6.04 Å². The molecule has 0 aliphatic carbocycles. The predicted molar refractivity (Wildman–Crippen MR) is 50.7 cm³/mol. The minimum atomic E-state index is -0.259. The molecular formula is C9H20N2O. The standard InChI is InChI=1S/C9H20N2O/c1-5-8(9(10)12)11-7(4)6(2)3/h6-8,11H,5H2,1-4H3,(H2,10,12). The van der Waals surface area contributed by atoms with Gasteiger partial charge in [0.2, 0.25) is 5.91 Å². The molecule has 0 rings (SSSR count). The Bertz CT molecular complexity index is 145. The van der Waals surface area contributed by atoms with E-state index in [4.69, 9.17) is 5.73 Å². The van der Waals surface area contributed by atoms with Gasteiger partial charge in [0.25, 0.3) is 0 Å². The number of rotatable bonds is 5. The van der Waals surface area contributed by atoms with Crippen molar-refractivity contribution in [3.63, 3.8) is 0 Å². The maximum atomic E-state index is 10.8. The molecule has 0 spiro atoms. The number of hydrogen-bond acceptors (Lipinski definition) is 2. The van der Waals surface area contributed by atoms with Crippen LogP contribution in [0.4, 0.5) is 0 Å². The molecule has 0 saturated heterocycles. The Morgan fingerprint density at radius 3 is 2.17 bits per heavy atom. The lowest BCUT2D eigenvalue weighted by atomic mass is 10.0. The average Bonchev–Trinajstić information content (AvgIpc) is 1.98. The Hall–Kier alpha value is -0.570. The summed E-state index contributed by atoms with van der Waals surface area (Å²) in [6, 6.07) is 0.157. The number of nitrogens with one attached hydrogen (secondary N) is 1. The Morgan fingerprint density at radius 2 is 1.92 bits per heavy atom. The normalized spacial score (nSPS) is 16.1. The van der Waals surface area contributed by atoms with Crippen LogP contribution < -0.4 is 11.1 Å². The highest BCUT2D eigenvalue weighted by Gasteiger charge is 2.16. The third kappa shape index (κ3) is 3.72. The van der Waals surface area contributed by atoms with Crippen molar-refractivity contribution in [2.45, 2.75) is 46.2 Å². The molecule has 1 amide bonds. The molecule has 3 nitrogen and oxygen atoms in total. The summed E-state index contributed by atoms with van der Waals surface area (Å²) in [7, 11) is 0. The van der Waals surface area contributed by atoms with E-state index >= 15 is 0 Å². The molecule has 0 aromatic carbocycles. The van der Waals surface area contributed by atoms with Gasteiger partial charge in [-0.3, -0.25) is 4.79 Å². The summed E-state index contributed by atoms with van der Waals surface area (Å²) < 4.78 is 0. The van der Waals surface area contributed by atoms with Crippen LogP contribution >= 0.6 is 0 Å². The van der Waals surface area contributed by atoms with Gasteiger partial charge in [-0.2, -0.15) is 0 Å². The smallest absolute Gasteiger partial charge is 0.234 e. The second-order valence-corrected chi connectivity index (χ2v) is 3.56. The van der Waals surface area contributed by atoms with Crippen molar-refractivity contribution >= 4 is 5.91 Å². The highest BCUT2D eigenvalue weighted by atomic mass is 16.1. The molecule has 0 saturated carbocycles. The molecule has 2 atom stereocenters. The quantitative estimate of drug-likeness (QED) is 0.647. The summed E-state index contributed by atoms with van der Waals surface area (Å²) in [6.07, 6.45) is 0.756. The van der Waals surface area contributed by atoms with Crippen LogP contribution in [0.2, 0.25) is 0 Å². The van der Waals surface area contributed by atoms with E-state index in [1.54, 1.807) is 0 Å². The van der Waals surface area contributed by atoms with Crippen LogP contribution in [0.1, 0.15) is 34.1 Å². The van der Waals surface area contributed by atoms with Crippen LogP contribution in [0.5, 0.6) is 0 Å². The summed E-state index contributed by atoms with van der Waals surface area (Å²) in [5, 5.41) is 3.19. The summed E-state index contributed by atoms with van der Waals surface area (Å²) >= 11 is 0. The maximum Gasteiger partial charge on any atom is 0.234 e. The lowest BCUT2D eigenvalue weighted by molar-refractivity contribution is -0.120.